The Bertz CT molecular complexity index is 3180. The van der Waals surface area contributed by atoms with E-state index in [1.165, 1.54) is 77.6 Å². The van der Waals surface area contributed by atoms with Gasteiger partial charge in [0, 0.05) is 66.2 Å². The fourth-order valence-corrected chi connectivity index (χ4v) is 13.1. The van der Waals surface area contributed by atoms with Crippen LogP contribution in [0.25, 0.3) is 20.2 Å². The molecule has 468 valence electrons. The number of nitrogens with one attached hydrogen (secondary N) is 2. The molecule has 0 aliphatic heterocycles. The van der Waals surface area contributed by atoms with Crippen LogP contribution < -0.4 is 73.5 Å². The van der Waals surface area contributed by atoms with E-state index in [0.717, 1.165) is 102 Å². The van der Waals surface area contributed by atoms with Gasteiger partial charge < -0.3 is 56.4 Å². The van der Waals surface area contributed by atoms with Crippen molar-refractivity contribution in [2.45, 2.75) is 146 Å². The number of thiophene rings is 4. The van der Waals surface area contributed by atoms with Gasteiger partial charge in [0.25, 0.3) is 0 Å². The van der Waals surface area contributed by atoms with Crippen LogP contribution in [0.5, 0.6) is 0 Å². The largest absolute Gasteiger partial charge is 1.00 e. The molecular formula is C61H84KN5O15S4. The molecule has 3 aliphatic rings. The summed E-state index contributed by atoms with van der Waals surface area (Å²) in [6.07, 6.45) is 13.6. The number of esters is 5. The standard InChI is InChI=1S/C13H17NO3S.C13H13NO3S.C11H15NO2S.C11H11NO2S.C6H10O.C4H5NO2.C2H6O.CH4.K.H2O.H2/c2*1-3-17-13(16)11-9-6-4-5-7-10(9)18-12(11)14-8(2)15;2*1-2-14-11(13)9-7-5-3-4-6-8(7)15-10(9)12;7-6-4-2-1-3-5-6;1-7-4(6)2-3-5;1-2-3;;;;/h3-7H2,1-2H3,(H,14,15);4-7H,3H2,1-2H3,(H,14,15);2-6,12H2,1H3;3-6H,2,12H2,1H3;1-5H2;2H2,1H3;3H,2H2,1H3;1H4;;1H2;1H/q;;;;;;;;+1;;/p-1/i;;;;;;;;;;1+1D. The van der Waals surface area contributed by atoms with Crippen LogP contribution in [0.1, 0.15) is 185 Å². The SMILES string of the molecule is C.CCO.CCOC(=O)c1c(N)sc2c1CCCC2.CCOC(=O)c1c(N)sc2ccccc12.CCOC(=O)c1c(NC(C)=O)sc2c1CCCC2.CCOC(=O)c1c(NC(C)=O)sc2ccccc12.COC(=O)CC#N.O=C1CCCCC1.[2H][2H].[K+].[OH-]. The van der Waals surface area contributed by atoms with Crippen molar-refractivity contribution in [3.63, 3.8) is 0 Å². The number of nitrogens with two attached hydrogens (primary N) is 2. The number of nitrogen functional groups attached to an aromatic ring is 2. The van der Waals surface area contributed by atoms with Gasteiger partial charge in [-0.3, -0.25) is 19.2 Å². The first-order valence-corrected chi connectivity index (χ1v) is 30.8. The Hall–Kier alpha value is -5.63. The van der Waals surface area contributed by atoms with Crippen LogP contribution in [0.2, 0.25) is 0 Å². The number of benzene rings is 2. The van der Waals surface area contributed by atoms with Gasteiger partial charge in [-0.1, -0.05) is 50.2 Å². The number of nitrogens with zero attached hydrogens (tertiary/aromatic N) is 1. The van der Waals surface area contributed by atoms with Crippen LogP contribution in [-0.4, -0.2) is 98.2 Å². The number of Topliss-reactive ketones (excluding diaryl/α,β-unsaturated/α-hetero) is 1. The van der Waals surface area contributed by atoms with Crippen LogP contribution in [0.15, 0.2) is 48.5 Å². The molecule has 0 atom stereocenters. The van der Waals surface area contributed by atoms with Crippen molar-refractivity contribution < 1.29 is 127 Å². The summed E-state index contributed by atoms with van der Waals surface area (Å²) in [7, 11) is 1.25. The average Bonchev–Trinajstić information content (AvgIpc) is 2.10. The number of aliphatic hydroxyl groups is 1. The molecule has 9 rings (SSSR count). The first-order valence-electron chi connectivity index (χ1n) is 28.5. The summed E-state index contributed by atoms with van der Waals surface area (Å²) < 4.78 is 36.2. The number of amides is 2. The minimum atomic E-state index is -0.484. The van der Waals surface area contributed by atoms with Gasteiger partial charge in [-0.15, -0.1) is 45.3 Å². The molecule has 25 heteroatoms. The van der Waals surface area contributed by atoms with Crippen LogP contribution >= 0.6 is 45.3 Å². The molecule has 4 heterocycles. The number of ether oxygens (including phenoxy) is 5. The normalized spacial score (nSPS) is 12.2. The Kier molecular flexibility index (Phi) is 40.0. The molecule has 0 radical (unpaired) electrons. The second kappa shape index (κ2) is 43.9. The predicted molar refractivity (Wildman–Crippen MR) is 341 cm³/mol. The molecule has 2 amide bonds. The molecule has 0 bridgehead atoms. The fourth-order valence-electron chi connectivity index (χ4n) is 8.51. The third-order valence-electron chi connectivity index (χ3n) is 11.9. The number of methoxy groups -OCH3 is 1. The molecule has 0 unspecified atom stereocenters. The van der Waals surface area contributed by atoms with Gasteiger partial charge in [-0.25, -0.2) is 19.2 Å². The zero-order valence-electron chi connectivity index (χ0n) is 52.0. The summed E-state index contributed by atoms with van der Waals surface area (Å²) in [6, 6.07) is 16.8. The monoisotopic (exact) mass is 1300 g/mol. The second-order valence-corrected chi connectivity index (χ2v) is 22.5. The van der Waals surface area contributed by atoms with E-state index in [0.29, 0.717) is 74.5 Å². The summed E-state index contributed by atoms with van der Waals surface area (Å²) >= 11 is 5.84. The second-order valence-electron chi connectivity index (χ2n) is 18.1. The topological polar surface area (TPSA) is 333 Å². The Morgan fingerprint density at radius 3 is 1.38 bits per heavy atom. The van der Waals surface area contributed by atoms with Gasteiger partial charge in [-0.2, -0.15) is 5.26 Å². The Morgan fingerprint density at radius 2 is 0.953 bits per heavy atom. The van der Waals surface area contributed by atoms with Gasteiger partial charge in [0.05, 0.1) is 50.7 Å². The van der Waals surface area contributed by atoms with Crippen molar-refractivity contribution in [2.75, 3.05) is 62.2 Å². The number of nitriles is 1. The quantitative estimate of drug-likeness (QED) is 0.0457. The van der Waals surface area contributed by atoms with E-state index >= 15 is 0 Å². The number of ketones is 1. The van der Waals surface area contributed by atoms with Crippen molar-refractivity contribution >= 4 is 133 Å². The van der Waals surface area contributed by atoms with Crippen LogP contribution in [0.3, 0.4) is 0 Å². The van der Waals surface area contributed by atoms with E-state index in [9.17, 15) is 38.4 Å². The molecule has 6 aromatic rings. The van der Waals surface area contributed by atoms with Crippen molar-refractivity contribution in [1.82, 2.24) is 0 Å². The van der Waals surface area contributed by atoms with Gasteiger partial charge in [0.2, 0.25) is 11.8 Å². The van der Waals surface area contributed by atoms with E-state index in [4.69, 9.17) is 43.8 Å². The van der Waals surface area contributed by atoms with E-state index in [1.54, 1.807) is 45.1 Å². The minimum Gasteiger partial charge on any atom is -0.870 e. The van der Waals surface area contributed by atoms with Gasteiger partial charge in [0.1, 0.15) is 43.3 Å². The van der Waals surface area contributed by atoms with Gasteiger partial charge in [0.15, 0.2) is 0 Å². The van der Waals surface area contributed by atoms with Crippen molar-refractivity contribution in [3.05, 3.63) is 91.7 Å². The first-order chi connectivity index (χ1) is 40.8. The molecule has 2 aromatic carbocycles. The average molecular weight is 1300 g/mol. The summed E-state index contributed by atoms with van der Waals surface area (Å²) in [5.41, 5.74) is 16.0. The molecule has 1 saturated carbocycles. The van der Waals surface area contributed by atoms with E-state index in [-0.39, 0.29) is 107 Å². The number of hydrogen-bond acceptors (Lipinski definition) is 22. The molecular weight excluding hydrogens is 1210 g/mol. The number of hydrogen-bond donors (Lipinski definition) is 5. The molecule has 20 nitrogen and oxygen atoms in total. The fraction of sp³-hybridized carbons (Fsp3) is 0.459. The summed E-state index contributed by atoms with van der Waals surface area (Å²) in [5.74, 6) is -1.69. The van der Waals surface area contributed by atoms with E-state index in [2.05, 4.69) is 15.4 Å². The molecule has 0 spiro atoms. The maximum atomic E-state index is 12.0. The van der Waals surface area contributed by atoms with Crippen molar-refractivity contribution in [1.29, 1.82) is 5.26 Å². The molecule has 0 saturated heterocycles. The smallest absolute Gasteiger partial charge is 0.870 e. The number of carbonyl (C=O) groups excluding carboxylic acids is 8. The number of aliphatic hydroxyl groups excluding tert-OH is 1. The zero-order valence-corrected chi connectivity index (χ0v) is 56.4. The molecule has 4 aromatic heterocycles. The molecule has 1 fully saturated rings. The number of fused-ring (bicyclic) bond motifs is 4. The first kappa shape index (κ1) is 78.4. The number of carbonyl (C=O) groups is 8. The molecule has 3 aliphatic carbocycles. The van der Waals surface area contributed by atoms with Crippen LogP contribution in [0, 0.1) is 11.3 Å². The van der Waals surface area contributed by atoms with Crippen LogP contribution in [0.4, 0.5) is 20.0 Å². The predicted octanol–water partition coefficient (Wildman–Crippen LogP) is 10.1. The Morgan fingerprint density at radius 1 is 0.581 bits per heavy atom. The maximum Gasteiger partial charge on any atom is 1.00 e. The third-order valence-corrected chi connectivity index (χ3v) is 16.4. The number of aryl methyl sites for hydroxylation is 2. The van der Waals surface area contributed by atoms with E-state index < -0.39 is 11.9 Å². The Balaban J connectivity index is 0. The summed E-state index contributed by atoms with van der Waals surface area (Å²) in [5, 5.41) is 24.8. The third kappa shape index (κ3) is 25.6. The van der Waals surface area contributed by atoms with Gasteiger partial charge in [-0.05, 0) is 122 Å². The van der Waals surface area contributed by atoms with E-state index in [1.807, 2.05) is 55.5 Å². The number of anilines is 4. The zero-order chi connectivity index (χ0) is 63.4. The maximum absolute atomic E-state index is 12.0. The van der Waals surface area contributed by atoms with Crippen LogP contribution in [-0.2, 0) is 68.5 Å². The van der Waals surface area contributed by atoms with Crippen molar-refractivity contribution in [2.24, 2.45) is 0 Å². The molecule has 8 N–H and O–H groups in total. The van der Waals surface area contributed by atoms with Gasteiger partial charge >= 0.3 is 81.2 Å². The Labute approximate surface area is 565 Å². The van der Waals surface area contributed by atoms with Crippen molar-refractivity contribution in [3.8, 4) is 6.07 Å². The summed E-state index contributed by atoms with van der Waals surface area (Å²) in [6.45, 7) is 13.4. The molecule has 86 heavy (non-hydrogen) atoms. The number of rotatable bonds is 11. The minimum absolute atomic E-state index is 0. The summed E-state index contributed by atoms with van der Waals surface area (Å²) in [4.78, 5) is 92.6.